The largest absolute Gasteiger partial charge is 0.543 e. The van der Waals surface area contributed by atoms with Crippen LogP contribution in [0.25, 0.3) is 0 Å². The lowest BCUT2D eigenvalue weighted by Gasteiger charge is -2.20. The second kappa shape index (κ2) is 8.09. The van der Waals surface area contributed by atoms with E-state index in [1.54, 1.807) is 0 Å². The highest BCUT2D eigenvalue weighted by atomic mass is 16.4. The van der Waals surface area contributed by atoms with Crippen LogP contribution in [-0.2, 0) is 6.42 Å². The van der Waals surface area contributed by atoms with Gasteiger partial charge < -0.3 is 20.2 Å². The Morgan fingerprint density at radius 3 is 2.26 bits per heavy atom. The van der Waals surface area contributed by atoms with Crippen LogP contribution in [0.2, 0.25) is 0 Å². The third kappa shape index (κ3) is 6.75. The molecule has 124 valence electrons. The van der Waals surface area contributed by atoms with E-state index in [-0.39, 0.29) is 0 Å². The number of aromatic nitrogens is 2. The number of quaternary nitrogens is 1. The van der Waals surface area contributed by atoms with E-state index in [9.17, 15) is 19.5 Å². The molecular formula is C16H21N3O4. The minimum absolute atomic E-state index is 0.321. The third-order valence-corrected chi connectivity index (χ3v) is 3.26. The Kier molecular flexibility index (Phi) is 6.47. The number of nitrogens with two attached hydrogens (primary N) is 1. The molecule has 0 aliphatic rings. The van der Waals surface area contributed by atoms with Crippen LogP contribution >= 0.6 is 0 Å². The second-order valence-electron chi connectivity index (χ2n) is 5.73. The first kappa shape index (κ1) is 18.4. The summed E-state index contributed by atoms with van der Waals surface area (Å²) in [5.41, 5.74) is -0.426. The van der Waals surface area contributed by atoms with Gasteiger partial charge in [-0.05, 0) is 19.4 Å². The normalized spacial score (nSPS) is 10.6. The molecule has 1 aromatic heterocycles. The maximum Gasteiger partial charge on any atom is 0.326 e. The number of carboxylic acids is 1. The highest BCUT2D eigenvalue weighted by Gasteiger charge is 2.18. The predicted octanol–water partition coefficient (Wildman–Crippen LogP) is -1.37. The smallest absolute Gasteiger partial charge is 0.326 e. The van der Waals surface area contributed by atoms with E-state index >= 15 is 0 Å². The number of hydrogen-bond acceptors (Lipinski definition) is 4. The van der Waals surface area contributed by atoms with Crippen molar-refractivity contribution in [1.29, 1.82) is 0 Å². The molecule has 0 spiro atoms. The Labute approximate surface area is 133 Å². The monoisotopic (exact) mass is 319 g/mol. The van der Waals surface area contributed by atoms with Crippen LogP contribution in [-0.4, -0.2) is 28.5 Å². The van der Waals surface area contributed by atoms with Gasteiger partial charge in [-0.25, -0.2) is 4.79 Å². The quantitative estimate of drug-likeness (QED) is 0.643. The molecule has 2 aromatic rings. The summed E-state index contributed by atoms with van der Waals surface area (Å²) in [5.74, 6) is -1.59. The molecule has 0 amide bonds. The lowest BCUT2D eigenvalue weighted by Crippen LogP contribution is -2.92. The Morgan fingerprint density at radius 2 is 1.78 bits per heavy atom. The first-order valence-corrected chi connectivity index (χ1v) is 7.13. The molecule has 1 heterocycles. The lowest BCUT2D eigenvalue weighted by molar-refractivity contribution is -0.696. The van der Waals surface area contributed by atoms with Crippen LogP contribution in [0.3, 0.4) is 0 Å². The second-order valence-corrected chi connectivity index (χ2v) is 5.73. The summed E-state index contributed by atoms with van der Waals surface area (Å²) >= 11 is 0. The van der Waals surface area contributed by atoms with E-state index in [2.05, 4.69) is 56.5 Å². The fourth-order valence-electron chi connectivity index (χ4n) is 1.80. The van der Waals surface area contributed by atoms with Gasteiger partial charge in [-0.15, -0.1) is 0 Å². The minimum Gasteiger partial charge on any atom is -0.543 e. The SMILES string of the molecule is C[NH2+]C(C)(C)Cc1ccccc1.O=C([O-])c1cc(=O)[nH]c(=O)[nH]1. The van der Waals surface area contributed by atoms with Gasteiger partial charge in [0.15, 0.2) is 0 Å². The third-order valence-electron chi connectivity index (χ3n) is 3.26. The molecule has 23 heavy (non-hydrogen) atoms. The number of aromatic amines is 2. The Morgan fingerprint density at radius 1 is 1.17 bits per heavy atom. The van der Waals surface area contributed by atoms with Gasteiger partial charge in [0.05, 0.1) is 24.2 Å². The summed E-state index contributed by atoms with van der Waals surface area (Å²) in [6, 6.07) is 11.4. The van der Waals surface area contributed by atoms with E-state index in [1.807, 2.05) is 9.97 Å². The zero-order chi connectivity index (χ0) is 17.5. The first-order valence-electron chi connectivity index (χ1n) is 7.13. The molecule has 0 fully saturated rings. The average molecular weight is 319 g/mol. The van der Waals surface area contributed by atoms with Crippen LogP contribution in [0.15, 0.2) is 46.0 Å². The summed E-state index contributed by atoms with van der Waals surface area (Å²) in [6.07, 6.45) is 1.13. The van der Waals surface area contributed by atoms with Gasteiger partial charge in [0, 0.05) is 12.5 Å². The van der Waals surface area contributed by atoms with E-state index in [1.165, 1.54) is 5.56 Å². The summed E-state index contributed by atoms with van der Waals surface area (Å²) in [7, 11) is 2.13. The Balaban J connectivity index is 0.000000231. The molecule has 0 aliphatic carbocycles. The van der Waals surface area contributed by atoms with Crippen LogP contribution in [0.4, 0.5) is 0 Å². The van der Waals surface area contributed by atoms with Crippen molar-refractivity contribution < 1.29 is 15.2 Å². The zero-order valence-corrected chi connectivity index (χ0v) is 13.4. The number of carbonyl (C=O) groups is 1. The summed E-state index contributed by atoms with van der Waals surface area (Å²) in [6.45, 7) is 4.53. The summed E-state index contributed by atoms with van der Waals surface area (Å²) < 4.78 is 0. The number of carbonyl (C=O) groups excluding carboxylic acids is 1. The molecular weight excluding hydrogens is 298 g/mol. The average Bonchev–Trinajstić information content (AvgIpc) is 2.47. The standard InChI is InChI=1S/C11H17N.C5H4N2O4/c1-11(2,12-3)9-10-7-5-4-6-8-10;8-3-1-2(4(9)10)6-5(11)7-3/h4-8,12H,9H2,1-3H3;1H,(H,9,10)(H2,6,7,8,11). The van der Waals surface area contributed by atoms with Crippen molar-refractivity contribution in [3.05, 3.63) is 68.5 Å². The van der Waals surface area contributed by atoms with Gasteiger partial charge in [0.1, 0.15) is 0 Å². The van der Waals surface area contributed by atoms with Gasteiger partial charge in [-0.3, -0.25) is 9.78 Å². The Hall–Kier alpha value is -2.67. The molecule has 0 radical (unpaired) electrons. The van der Waals surface area contributed by atoms with Crippen molar-refractivity contribution in [3.8, 4) is 0 Å². The molecule has 0 aliphatic heterocycles. The lowest BCUT2D eigenvalue weighted by atomic mass is 9.95. The fraction of sp³-hybridized carbons (Fsp3) is 0.312. The number of carboxylic acid groups (broad SMARTS) is 1. The van der Waals surface area contributed by atoms with Crippen molar-refractivity contribution in [2.45, 2.75) is 25.8 Å². The van der Waals surface area contributed by atoms with Crippen molar-refractivity contribution in [2.24, 2.45) is 0 Å². The molecule has 7 nitrogen and oxygen atoms in total. The van der Waals surface area contributed by atoms with Gasteiger partial charge in [0.25, 0.3) is 5.56 Å². The number of nitrogens with one attached hydrogen (secondary N) is 2. The molecule has 1 aromatic carbocycles. The molecule has 4 N–H and O–H groups in total. The maximum atomic E-state index is 10.4. The molecule has 0 unspecified atom stereocenters. The fourth-order valence-corrected chi connectivity index (χ4v) is 1.80. The number of hydrogen-bond donors (Lipinski definition) is 3. The van der Waals surface area contributed by atoms with Crippen LogP contribution in [0.1, 0.15) is 29.9 Å². The van der Waals surface area contributed by atoms with Gasteiger partial charge >= 0.3 is 5.69 Å². The van der Waals surface area contributed by atoms with E-state index in [0.29, 0.717) is 5.54 Å². The highest BCUT2D eigenvalue weighted by molar-refractivity contribution is 5.82. The van der Waals surface area contributed by atoms with Gasteiger partial charge in [-0.1, -0.05) is 30.3 Å². The maximum absolute atomic E-state index is 10.4. The Bertz CT molecular complexity index is 719. The van der Waals surface area contributed by atoms with Crippen LogP contribution in [0, 0.1) is 0 Å². The van der Waals surface area contributed by atoms with Crippen molar-refractivity contribution in [1.82, 2.24) is 9.97 Å². The topological polar surface area (TPSA) is 122 Å². The number of H-pyrrole nitrogens is 2. The summed E-state index contributed by atoms with van der Waals surface area (Å²) in [5, 5.41) is 12.3. The first-order chi connectivity index (χ1) is 10.7. The van der Waals surface area contributed by atoms with Crippen molar-refractivity contribution >= 4 is 5.97 Å². The van der Waals surface area contributed by atoms with Crippen LogP contribution in [0.5, 0.6) is 0 Å². The number of likely N-dealkylation sites (N-methyl/N-ethyl adjacent to an activating group) is 1. The van der Waals surface area contributed by atoms with E-state index in [0.717, 1.165) is 12.5 Å². The van der Waals surface area contributed by atoms with Crippen molar-refractivity contribution in [3.63, 3.8) is 0 Å². The van der Waals surface area contributed by atoms with Crippen LogP contribution < -0.4 is 21.7 Å². The van der Waals surface area contributed by atoms with Gasteiger partial charge in [-0.2, -0.15) is 0 Å². The molecule has 7 heteroatoms. The predicted molar refractivity (Wildman–Crippen MR) is 84.1 cm³/mol. The summed E-state index contributed by atoms with van der Waals surface area (Å²) in [4.78, 5) is 34.6. The molecule has 0 saturated carbocycles. The number of aromatic carboxylic acids is 1. The van der Waals surface area contributed by atoms with Crippen molar-refractivity contribution in [2.75, 3.05) is 7.05 Å². The highest BCUT2D eigenvalue weighted by Crippen LogP contribution is 2.07. The number of benzene rings is 1. The number of rotatable bonds is 4. The molecule has 0 bridgehead atoms. The minimum atomic E-state index is -1.59. The zero-order valence-electron chi connectivity index (χ0n) is 13.4. The van der Waals surface area contributed by atoms with E-state index < -0.39 is 22.9 Å². The molecule has 0 saturated heterocycles. The molecule has 2 rings (SSSR count). The molecule has 0 atom stereocenters. The van der Waals surface area contributed by atoms with E-state index in [4.69, 9.17) is 0 Å². The van der Waals surface area contributed by atoms with Gasteiger partial charge in [0.2, 0.25) is 0 Å².